The molecule has 0 saturated carbocycles. The van der Waals surface area contributed by atoms with Gasteiger partial charge in [0.05, 0.1) is 12.2 Å². The van der Waals surface area contributed by atoms with Gasteiger partial charge in [-0.05, 0) is 38.5 Å². The largest absolute Gasteiger partial charge is 0.378 e. The smallest absolute Gasteiger partial charge is 0.0576 e. The van der Waals surface area contributed by atoms with Crippen molar-refractivity contribution in [3.8, 4) is 0 Å². The van der Waals surface area contributed by atoms with Crippen LogP contribution in [0.1, 0.15) is 83.5 Å². The van der Waals surface area contributed by atoms with Gasteiger partial charge in [-0.25, -0.2) is 0 Å². The van der Waals surface area contributed by atoms with Crippen molar-refractivity contribution in [2.75, 3.05) is 13.2 Å². The molecule has 0 bridgehead atoms. The summed E-state index contributed by atoms with van der Waals surface area (Å²) < 4.78 is 11.3. The third kappa shape index (κ3) is 6.76. The number of ether oxygens (including phenoxy) is 2. The Hall–Kier alpha value is -0.0800. The summed E-state index contributed by atoms with van der Waals surface area (Å²) in [6.45, 7) is 2.02. The Bertz CT molecular complexity index is 183. The van der Waals surface area contributed by atoms with E-state index < -0.39 is 0 Å². The maximum atomic E-state index is 5.65. The van der Waals surface area contributed by atoms with Gasteiger partial charge in [-0.3, -0.25) is 0 Å². The van der Waals surface area contributed by atoms with E-state index in [2.05, 4.69) is 0 Å². The van der Waals surface area contributed by atoms with E-state index in [1.54, 1.807) is 0 Å². The molecule has 2 fully saturated rings. The molecule has 2 rings (SSSR count). The molecule has 2 heteroatoms. The average molecular weight is 268 g/mol. The van der Waals surface area contributed by atoms with Crippen LogP contribution in [0.25, 0.3) is 0 Å². The topological polar surface area (TPSA) is 18.5 Å². The van der Waals surface area contributed by atoms with Crippen molar-refractivity contribution in [3.63, 3.8) is 0 Å². The summed E-state index contributed by atoms with van der Waals surface area (Å²) in [5.74, 6) is 0. The van der Waals surface area contributed by atoms with E-state index in [9.17, 15) is 0 Å². The lowest BCUT2D eigenvalue weighted by Crippen LogP contribution is -2.04. The summed E-state index contributed by atoms with van der Waals surface area (Å²) in [5.41, 5.74) is 0. The normalized spacial score (nSPS) is 27.2. The van der Waals surface area contributed by atoms with E-state index in [4.69, 9.17) is 9.47 Å². The molecule has 0 aromatic carbocycles. The number of hydrogen-bond acceptors (Lipinski definition) is 2. The van der Waals surface area contributed by atoms with E-state index in [0.717, 1.165) is 13.2 Å². The second-order valence-electron chi connectivity index (χ2n) is 6.32. The molecule has 0 aromatic heterocycles. The van der Waals surface area contributed by atoms with Crippen LogP contribution in [0.5, 0.6) is 0 Å². The Morgan fingerprint density at radius 2 is 1.00 bits per heavy atom. The van der Waals surface area contributed by atoms with Crippen LogP contribution in [0.3, 0.4) is 0 Å². The first-order valence-electron chi connectivity index (χ1n) is 8.68. The highest BCUT2D eigenvalue weighted by Crippen LogP contribution is 2.20. The summed E-state index contributed by atoms with van der Waals surface area (Å²) in [4.78, 5) is 0. The van der Waals surface area contributed by atoms with Gasteiger partial charge in [0.15, 0.2) is 0 Å². The molecule has 0 amide bonds. The van der Waals surface area contributed by atoms with Gasteiger partial charge in [0.1, 0.15) is 0 Å². The molecule has 2 heterocycles. The SMILES string of the molecule is C(CCCCC1CCCO1)CCCCC1CCCO1. The molecule has 0 aliphatic carbocycles. The van der Waals surface area contributed by atoms with Gasteiger partial charge in [-0.2, -0.15) is 0 Å². The fourth-order valence-corrected chi connectivity index (χ4v) is 3.37. The molecular formula is C17H32O2. The molecule has 2 unspecified atom stereocenters. The quantitative estimate of drug-likeness (QED) is 0.527. The highest BCUT2D eigenvalue weighted by molar-refractivity contribution is 4.65. The molecule has 0 N–H and O–H groups in total. The van der Waals surface area contributed by atoms with E-state index in [1.807, 2.05) is 0 Å². The zero-order valence-electron chi connectivity index (χ0n) is 12.6. The van der Waals surface area contributed by atoms with Crippen LogP contribution in [-0.2, 0) is 9.47 Å². The van der Waals surface area contributed by atoms with Gasteiger partial charge in [0, 0.05) is 13.2 Å². The Balaban J connectivity index is 1.28. The first-order chi connectivity index (χ1) is 9.45. The number of unbranched alkanes of at least 4 members (excludes halogenated alkanes) is 6. The molecule has 2 aliphatic heterocycles. The Labute approximate surface area is 119 Å². The zero-order chi connectivity index (χ0) is 13.2. The molecule has 0 spiro atoms. The second kappa shape index (κ2) is 9.77. The van der Waals surface area contributed by atoms with Crippen molar-refractivity contribution in [3.05, 3.63) is 0 Å². The van der Waals surface area contributed by atoms with Gasteiger partial charge in [-0.15, -0.1) is 0 Å². The van der Waals surface area contributed by atoms with Crippen LogP contribution in [0.15, 0.2) is 0 Å². The van der Waals surface area contributed by atoms with Crippen LogP contribution >= 0.6 is 0 Å². The number of hydrogen-bond donors (Lipinski definition) is 0. The Morgan fingerprint density at radius 1 is 0.579 bits per heavy atom. The lowest BCUT2D eigenvalue weighted by molar-refractivity contribution is 0.101. The fraction of sp³-hybridized carbons (Fsp3) is 1.00. The predicted octanol–water partition coefficient (Wildman–Crippen LogP) is 4.86. The fourth-order valence-electron chi connectivity index (χ4n) is 3.37. The third-order valence-corrected chi connectivity index (χ3v) is 4.60. The summed E-state index contributed by atoms with van der Waals surface area (Å²) >= 11 is 0. The second-order valence-corrected chi connectivity index (χ2v) is 6.32. The Kier molecular flexibility index (Phi) is 7.87. The maximum Gasteiger partial charge on any atom is 0.0576 e. The van der Waals surface area contributed by atoms with Crippen LogP contribution < -0.4 is 0 Å². The molecule has 2 saturated heterocycles. The minimum atomic E-state index is 0.603. The van der Waals surface area contributed by atoms with E-state index in [1.165, 1.54) is 83.5 Å². The van der Waals surface area contributed by atoms with Crippen molar-refractivity contribution >= 4 is 0 Å². The van der Waals surface area contributed by atoms with Crippen molar-refractivity contribution < 1.29 is 9.47 Å². The molecule has 2 nitrogen and oxygen atoms in total. The highest BCUT2D eigenvalue weighted by atomic mass is 16.5. The standard InChI is InChI=1S/C17H32O2/c1(2-4-6-10-16-12-8-14-18-16)3-5-7-11-17-13-9-15-19-17/h16-17H,1-15H2. The number of rotatable bonds is 10. The van der Waals surface area contributed by atoms with Crippen molar-refractivity contribution in [1.29, 1.82) is 0 Å². The van der Waals surface area contributed by atoms with Crippen molar-refractivity contribution in [2.45, 2.75) is 95.7 Å². The Morgan fingerprint density at radius 3 is 1.37 bits per heavy atom. The minimum Gasteiger partial charge on any atom is -0.378 e. The molecule has 2 aliphatic rings. The van der Waals surface area contributed by atoms with Gasteiger partial charge >= 0.3 is 0 Å². The lowest BCUT2D eigenvalue weighted by atomic mass is 10.0. The van der Waals surface area contributed by atoms with Crippen LogP contribution in [0.2, 0.25) is 0 Å². The van der Waals surface area contributed by atoms with Crippen LogP contribution in [0, 0.1) is 0 Å². The van der Waals surface area contributed by atoms with Crippen LogP contribution in [-0.4, -0.2) is 25.4 Å². The molecule has 19 heavy (non-hydrogen) atoms. The summed E-state index contributed by atoms with van der Waals surface area (Å²) in [6.07, 6.45) is 18.8. The molecular weight excluding hydrogens is 236 g/mol. The molecule has 0 radical (unpaired) electrons. The molecule has 112 valence electrons. The molecule has 0 aromatic rings. The highest BCUT2D eigenvalue weighted by Gasteiger charge is 2.15. The summed E-state index contributed by atoms with van der Waals surface area (Å²) in [7, 11) is 0. The lowest BCUT2D eigenvalue weighted by Gasteiger charge is -2.09. The minimum absolute atomic E-state index is 0.603. The third-order valence-electron chi connectivity index (χ3n) is 4.60. The maximum absolute atomic E-state index is 5.65. The van der Waals surface area contributed by atoms with E-state index in [-0.39, 0.29) is 0 Å². The van der Waals surface area contributed by atoms with Gasteiger partial charge in [-0.1, -0.05) is 44.9 Å². The molecule has 2 atom stereocenters. The van der Waals surface area contributed by atoms with Crippen molar-refractivity contribution in [1.82, 2.24) is 0 Å². The van der Waals surface area contributed by atoms with Crippen molar-refractivity contribution in [2.24, 2.45) is 0 Å². The summed E-state index contributed by atoms with van der Waals surface area (Å²) in [5, 5.41) is 0. The van der Waals surface area contributed by atoms with Gasteiger partial charge < -0.3 is 9.47 Å². The monoisotopic (exact) mass is 268 g/mol. The average Bonchev–Trinajstić information content (AvgIpc) is 3.10. The van der Waals surface area contributed by atoms with E-state index in [0.29, 0.717) is 12.2 Å². The zero-order valence-corrected chi connectivity index (χ0v) is 12.6. The first-order valence-corrected chi connectivity index (χ1v) is 8.68. The van der Waals surface area contributed by atoms with Gasteiger partial charge in [0.25, 0.3) is 0 Å². The summed E-state index contributed by atoms with van der Waals surface area (Å²) in [6, 6.07) is 0. The van der Waals surface area contributed by atoms with Crippen LogP contribution in [0.4, 0.5) is 0 Å². The first kappa shape index (κ1) is 15.3. The predicted molar refractivity (Wildman–Crippen MR) is 79.5 cm³/mol. The van der Waals surface area contributed by atoms with Gasteiger partial charge in [0.2, 0.25) is 0 Å². The van der Waals surface area contributed by atoms with E-state index >= 15 is 0 Å².